The summed E-state index contributed by atoms with van der Waals surface area (Å²) in [4.78, 5) is 24.5. The van der Waals surface area contributed by atoms with Crippen LogP contribution in [0.3, 0.4) is 0 Å². The van der Waals surface area contributed by atoms with Gasteiger partial charge in [0.25, 0.3) is 0 Å². The number of carbonyl (C=O) groups excluding carboxylic acids is 2. The fourth-order valence-electron chi connectivity index (χ4n) is 3.54. The summed E-state index contributed by atoms with van der Waals surface area (Å²) in [5.74, 6) is -0.783. The molecule has 1 aliphatic rings. The van der Waals surface area contributed by atoms with Crippen molar-refractivity contribution in [3.8, 4) is 5.75 Å². The maximum Gasteiger partial charge on any atom is 0.249 e. The Balaban J connectivity index is 1.75. The van der Waals surface area contributed by atoms with Gasteiger partial charge in [-0.25, -0.2) is 8.42 Å². The molecule has 1 aliphatic heterocycles. The molecule has 1 fully saturated rings. The highest BCUT2D eigenvalue weighted by atomic mass is 32.2. The Labute approximate surface area is 176 Å². The summed E-state index contributed by atoms with van der Waals surface area (Å²) in [6.45, 7) is 2.15. The van der Waals surface area contributed by atoms with E-state index in [2.05, 4.69) is 5.32 Å². The number of nitrogens with two attached hydrogens (primary N) is 1. The minimum atomic E-state index is -3.72. The van der Waals surface area contributed by atoms with Gasteiger partial charge in [-0.3, -0.25) is 9.59 Å². The maximum absolute atomic E-state index is 13.0. The Morgan fingerprint density at radius 3 is 2.50 bits per heavy atom. The second-order valence-electron chi connectivity index (χ2n) is 7.21. The van der Waals surface area contributed by atoms with Crippen LogP contribution >= 0.6 is 0 Å². The molecule has 1 heterocycles. The monoisotopic (exact) mass is 431 g/mol. The van der Waals surface area contributed by atoms with Crippen molar-refractivity contribution in [1.82, 2.24) is 4.31 Å². The largest absolute Gasteiger partial charge is 0.497 e. The predicted molar refractivity (Wildman–Crippen MR) is 113 cm³/mol. The number of hydrogen-bond acceptors (Lipinski definition) is 5. The number of primary amides is 1. The molecule has 0 aromatic heterocycles. The van der Waals surface area contributed by atoms with Crippen LogP contribution in [0.5, 0.6) is 5.75 Å². The van der Waals surface area contributed by atoms with E-state index in [1.165, 1.54) is 23.5 Å². The van der Waals surface area contributed by atoms with Crippen molar-refractivity contribution in [2.24, 2.45) is 11.7 Å². The zero-order chi connectivity index (χ0) is 21.9. The molecule has 9 heteroatoms. The topological polar surface area (TPSA) is 119 Å². The molecule has 30 heavy (non-hydrogen) atoms. The van der Waals surface area contributed by atoms with Gasteiger partial charge >= 0.3 is 0 Å². The summed E-state index contributed by atoms with van der Waals surface area (Å²) in [5, 5.41) is 2.82. The van der Waals surface area contributed by atoms with E-state index in [-0.39, 0.29) is 17.3 Å². The lowest BCUT2D eigenvalue weighted by Gasteiger charge is -2.31. The first kappa shape index (κ1) is 21.8. The quantitative estimate of drug-likeness (QED) is 0.726. The third-order valence-corrected chi connectivity index (χ3v) is 7.19. The van der Waals surface area contributed by atoms with Gasteiger partial charge in [-0.1, -0.05) is 6.07 Å². The lowest BCUT2D eigenvalue weighted by Crippen LogP contribution is -2.43. The number of ether oxygens (including phenoxy) is 1. The number of benzene rings is 2. The van der Waals surface area contributed by atoms with Gasteiger partial charge in [0.15, 0.2) is 0 Å². The zero-order valence-electron chi connectivity index (χ0n) is 16.9. The summed E-state index contributed by atoms with van der Waals surface area (Å²) < 4.78 is 32.4. The maximum atomic E-state index is 13.0. The number of rotatable bonds is 6. The number of hydrogen-bond donors (Lipinski definition) is 2. The highest BCUT2D eigenvalue weighted by Crippen LogP contribution is 2.27. The first-order valence-electron chi connectivity index (χ1n) is 9.58. The molecule has 3 N–H and O–H groups in total. The van der Waals surface area contributed by atoms with Gasteiger partial charge in [0.2, 0.25) is 21.8 Å². The van der Waals surface area contributed by atoms with Crippen LogP contribution in [0.15, 0.2) is 47.4 Å². The second kappa shape index (κ2) is 8.85. The van der Waals surface area contributed by atoms with Gasteiger partial charge in [0, 0.05) is 24.3 Å². The highest BCUT2D eigenvalue weighted by Gasteiger charge is 2.33. The molecule has 1 saturated heterocycles. The van der Waals surface area contributed by atoms with Gasteiger partial charge < -0.3 is 15.8 Å². The fourth-order valence-corrected chi connectivity index (χ4v) is 5.07. The third kappa shape index (κ3) is 4.47. The number of piperidine rings is 1. The van der Waals surface area contributed by atoms with Gasteiger partial charge in [-0.15, -0.1) is 0 Å². The molecule has 0 spiro atoms. The first-order chi connectivity index (χ1) is 14.2. The molecule has 1 atom stereocenters. The Morgan fingerprint density at radius 2 is 1.87 bits per heavy atom. The van der Waals surface area contributed by atoms with Crippen molar-refractivity contribution in [1.29, 1.82) is 0 Å². The normalized spacial score (nSPS) is 17.3. The van der Waals surface area contributed by atoms with Crippen LogP contribution in [-0.4, -0.2) is 44.7 Å². The molecule has 2 aromatic carbocycles. The van der Waals surface area contributed by atoms with Crippen molar-refractivity contribution >= 4 is 27.5 Å². The van der Waals surface area contributed by atoms with Crippen molar-refractivity contribution in [3.63, 3.8) is 0 Å². The van der Waals surface area contributed by atoms with Crippen LogP contribution in [-0.2, 0) is 14.8 Å². The van der Waals surface area contributed by atoms with Gasteiger partial charge in [0.05, 0.1) is 17.9 Å². The number of nitrogens with zero attached hydrogens (tertiary/aromatic N) is 1. The highest BCUT2D eigenvalue weighted by molar-refractivity contribution is 7.89. The summed E-state index contributed by atoms with van der Waals surface area (Å²) in [7, 11) is -2.20. The molecule has 160 valence electrons. The minimum Gasteiger partial charge on any atom is -0.497 e. The Morgan fingerprint density at radius 1 is 1.17 bits per heavy atom. The van der Waals surface area contributed by atoms with Crippen molar-refractivity contribution in [2.45, 2.75) is 24.7 Å². The molecule has 2 amide bonds. The molecule has 1 unspecified atom stereocenters. The fraction of sp³-hybridized carbons (Fsp3) is 0.333. The standard InChI is InChI=1S/C21H25N3O5S/c1-14-18(20(22)25)6-3-7-19(14)23-21(26)15-5-4-12-24(13-15)30(27,28)17-10-8-16(29-2)9-11-17/h3,6-11,15H,4-5,12-13H2,1-2H3,(H2,22,25)(H,23,26). The van der Waals surface area contributed by atoms with Gasteiger partial charge in [-0.05, 0) is 61.7 Å². The SMILES string of the molecule is COc1ccc(S(=O)(=O)N2CCCC(C(=O)Nc3cccc(C(N)=O)c3C)C2)cc1. The van der Waals surface area contributed by atoms with E-state index in [1.807, 2.05) is 0 Å². The van der Waals surface area contributed by atoms with Gasteiger partial charge in [0.1, 0.15) is 5.75 Å². The number of nitrogens with one attached hydrogen (secondary N) is 1. The average Bonchev–Trinajstić information content (AvgIpc) is 2.75. The molecule has 2 aromatic rings. The Kier molecular flexibility index (Phi) is 6.42. The summed E-state index contributed by atoms with van der Waals surface area (Å²) in [5.41, 5.74) is 6.77. The molecule has 0 saturated carbocycles. The lowest BCUT2D eigenvalue weighted by molar-refractivity contribution is -0.120. The molecular weight excluding hydrogens is 406 g/mol. The summed E-state index contributed by atoms with van der Waals surface area (Å²) >= 11 is 0. The van der Waals surface area contributed by atoms with Crippen LogP contribution in [0.25, 0.3) is 0 Å². The van der Waals surface area contributed by atoms with E-state index >= 15 is 0 Å². The predicted octanol–water partition coefficient (Wildman–Crippen LogP) is 2.14. The van der Waals surface area contributed by atoms with E-state index < -0.39 is 21.8 Å². The number of amides is 2. The van der Waals surface area contributed by atoms with Gasteiger partial charge in [-0.2, -0.15) is 4.31 Å². The molecule has 3 rings (SSSR count). The van der Waals surface area contributed by atoms with E-state index in [0.717, 1.165) is 0 Å². The van der Waals surface area contributed by atoms with E-state index in [9.17, 15) is 18.0 Å². The number of anilines is 1. The van der Waals surface area contributed by atoms with E-state index in [0.29, 0.717) is 42.0 Å². The van der Waals surface area contributed by atoms with Crippen molar-refractivity contribution in [2.75, 3.05) is 25.5 Å². The first-order valence-corrected chi connectivity index (χ1v) is 11.0. The molecule has 0 radical (unpaired) electrons. The summed E-state index contributed by atoms with van der Waals surface area (Å²) in [6.07, 6.45) is 1.16. The Hall–Kier alpha value is -2.91. The lowest BCUT2D eigenvalue weighted by atomic mass is 9.98. The van der Waals surface area contributed by atoms with E-state index in [4.69, 9.17) is 10.5 Å². The van der Waals surface area contributed by atoms with Crippen LogP contribution in [0, 0.1) is 12.8 Å². The minimum absolute atomic E-state index is 0.0920. The molecule has 8 nitrogen and oxygen atoms in total. The van der Waals surface area contributed by atoms with Crippen molar-refractivity contribution < 1.29 is 22.7 Å². The van der Waals surface area contributed by atoms with E-state index in [1.54, 1.807) is 37.3 Å². The average molecular weight is 432 g/mol. The summed E-state index contributed by atoms with van der Waals surface area (Å²) in [6, 6.07) is 11.1. The number of carbonyl (C=O) groups is 2. The van der Waals surface area contributed by atoms with Crippen LogP contribution in [0.1, 0.15) is 28.8 Å². The van der Waals surface area contributed by atoms with Crippen molar-refractivity contribution in [3.05, 3.63) is 53.6 Å². The molecule has 0 aliphatic carbocycles. The zero-order valence-corrected chi connectivity index (χ0v) is 17.7. The Bertz CT molecular complexity index is 1050. The number of sulfonamides is 1. The number of methoxy groups -OCH3 is 1. The smallest absolute Gasteiger partial charge is 0.249 e. The third-order valence-electron chi connectivity index (χ3n) is 5.31. The van der Waals surface area contributed by atoms with Crippen LogP contribution in [0.4, 0.5) is 5.69 Å². The molecule has 0 bridgehead atoms. The van der Waals surface area contributed by atoms with Crippen LogP contribution in [0.2, 0.25) is 0 Å². The second-order valence-corrected chi connectivity index (χ2v) is 9.15. The van der Waals surface area contributed by atoms with Crippen LogP contribution < -0.4 is 15.8 Å². The molecular formula is C21H25N3O5S.